The fraction of sp³-hybridized carbons (Fsp3) is 0.385. The molecule has 0 aliphatic rings. The number of nitro benzene ring substituents is 1. The fourth-order valence-electron chi connectivity index (χ4n) is 1.72. The fourth-order valence-corrected chi connectivity index (χ4v) is 2.46. The van der Waals surface area contributed by atoms with Crippen LogP contribution in [0.3, 0.4) is 0 Å². The van der Waals surface area contributed by atoms with E-state index in [0.717, 1.165) is 12.0 Å². The minimum Gasteiger partial charge on any atom is -0.416 e. The zero-order chi connectivity index (χ0) is 15.2. The van der Waals surface area contributed by atoms with Crippen molar-refractivity contribution in [3.63, 3.8) is 0 Å². The molecule has 0 atom stereocenters. The number of aromatic nitrogens is 2. The summed E-state index contributed by atoms with van der Waals surface area (Å²) in [5.41, 5.74) is 1.59. The van der Waals surface area contributed by atoms with Crippen molar-refractivity contribution in [2.75, 3.05) is 11.9 Å². The normalized spacial score (nSPS) is 10.6. The van der Waals surface area contributed by atoms with Crippen LogP contribution in [-0.2, 0) is 5.75 Å². The molecule has 0 bridgehead atoms. The Morgan fingerprint density at radius 1 is 1.43 bits per heavy atom. The Kier molecular flexibility index (Phi) is 5.15. The molecule has 0 saturated carbocycles. The summed E-state index contributed by atoms with van der Waals surface area (Å²) >= 11 is 1.40. The summed E-state index contributed by atoms with van der Waals surface area (Å²) in [6.07, 6.45) is 0.900. The summed E-state index contributed by atoms with van der Waals surface area (Å²) in [4.78, 5) is 10.6. The SMILES string of the molecule is CCCNc1cc(CSc2nnc(C)o2)ccc1[N+](=O)[O-]. The smallest absolute Gasteiger partial charge is 0.292 e. The third-order valence-corrected chi connectivity index (χ3v) is 3.58. The highest BCUT2D eigenvalue weighted by Crippen LogP contribution is 2.28. The van der Waals surface area contributed by atoms with Gasteiger partial charge in [0.15, 0.2) is 0 Å². The van der Waals surface area contributed by atoms with E-state index in [1.165, 1.54) is 17.8 Å². The van der Waals surface area contributed by atoms with Crippen LogP contribution < -0.4 is 5.32 Å². The number of hydrogen-bond acceptors (Lipinski definition) is 7. The molecule has 2 aromatic rings. The first-order chi connectivity index (χ1) is 10.1. The molecule has 2 rings (SSSR count). The molecule has 0 unspecified atom stereocenters. The molecule has 21 heavy (non-hydrogen) atoms. The molecular weight excluding hydrogens is 292 g/mol. The van der Waals surface area contributed by atoms with Crippen LogP contribution in [0.25, 0.3) is 0 Å². The number of thioether (sulfide) groups is 1. The van der Waals surface area contributed by atoms with Crippen molar-refractivity contribution in [3.8, 4) is 0 Å². The molecule has 7 nitrogen and oxygen atoms in total. The highest BCUT2D eigenvalue weighted by atomic mass is 32.2. The van der Waals surface area contributed by atoms with Crippen LogP contribution in [0.4, 0.5) is 11.4 Å². The van der Waals surface area contributed by atoms with Crippen LogP contribution in [0.15, 0.2) is 27.8 Å². The lowest BCUT2D eigenvalue weighted by atomic mass is 10.2. The molecule has 1 aromatic carbocycles. The summed E-state index contributed by atoms with van der Waals surface area (Å²) in [5, 5.41) is 22.2. The Morgan fingerprint density at radius 2 is 2.24 bits per heavy atom. The van der Waals surface area contributed by atoms with Crippen LogP contribution in [0.2, 0.25) is 0 Å². The maximum absolute atomic E-state index is 11.0. The van der Waals surface area contributed by atoms with E-state index >= 15 is 0 Å². The molecule has 0 radical (unpaired) electrons. The van der Waals surface area contributed by atoms with Crippen LogP contribution in [0.1, 0.15) is 24.8 Å². The van der Waals surface area contributed by atoms with E-state index in [4.69, 9.17) is 4.42 Å². The van der Waals surface area contributed by atoms with Gasteiger partial charge in [-0.3, -0.25) is 10.1 Å². The number of benzene rings is 1. The van der Waals surface area contributed by atoms with Gasteiger partial charge >= 0.3 is 0 Å². The number of anilines is 1. The standard InChI is InChI=1S/C13H16N4O3S/c1-3-6-14-11-7-10(4-5-12(11)17(18)19)8-21-13-16-15-9(2)20-13/h4-5,7,14H,3,6,8H2,1-2H3. The third-order valence-electron chi connectivity index (χ3n) is 2.69. The van der Waals surface area contributed by atoms with Gasteiger partial charge in [-0.2, -0.15) is 0 Å². The van der Waals surface area contributed by atoms with Crippen LogP contribution in [0, 0.1) is 17.0 Å². The van der Waals surface area contributed by atoms with E-state index in [1.807, 2.05) is 6.92 Å². The summed E-state index contributed by atoms with van der Waals surface area (Å²) in [6, 6.07) is 5.06. The monoisotopic (exact) mass is 308 g/mol. The summed E-state index contributed by atoms with van der Waals surface area (Å²) in [5.74, 6) is 1.13. The van der Waals surface area contributed by atoms with Crippen LogP contribution >= 0.6 is 11.8 Å². The van der Waals surface area contributed by atoms with Gasteiger partial charge in [0.1, 0.15) is 5.69 Å². The average molecular weight is 308 g/mol. The Morgan fingerprint density at radius 3 is 2.86 bits per heavy atom. The van der Waals surface area contributed by atoms with E-state index in [9.17, 15) is 10.1 Å². The Labute approximate surface area is 126 Å². The van der Waals surface area contributed by atoms with E-state index in [0.29, 0.717) is 29.1 Å². The predicted octanol–water partition coefficient (Wildman–Crippen LogP) is 3.40. The van der Waals surface area contributed by atoms with Crippen molar-refractivity contribution in [3.05, 3.63) is 39.8 Å². The Bertz CT molecular complexity index is 630. The van der Waals surface area contributed by atoms with Crippen molar-refractivity contribution >= 4 is 23.1 Å². The van der Waals surface area contributed by atoms with Crippen LogP contribution in [-0.4, -0.2) is 21.7 Å². The second-order valence-corrected chi connectivity index (χ2v) is 5.34. The van der Waals surface area contributed by atoms with Crippen molar-refractivity contribution in [2.45, 2.75) is 31.2 Å². The maximum Gasteiger partial charge on any atom is 0.292 e. The number of rotatable bonds is 7. The minimum absolute atomic E-state index is 0.0887. The molecular formula is C13H16N4O3S. The first kappa shape index (κ1) is 15.3. The lowest BCUT2D eigenvalue weighted by molar-refractivity contribution is -0.384. The van der Waals surface area contributed by atoms with Crippen molar-refractivity contribution < 1.29 is 9.34 Å². The zero-order valence-corrected chi connectivity index (χ0v) is 12.6. The first-order valence-corrected chi connectivity index (χ1v) is 7.52. The van der Waals surface area contributed by atoms with Gasteiger partial charge in [0.25, 0.3) is 10.9 Å². The zero-order valence-electron chi connectivity index (χ0n) is 11.8. The van der Waals surface area contributed by atoms with Gasteiger partial charge in [0, 0.05) is 25.3 Å². The van der Waals surface area contributed by atoms with Gasteiger partial charge in [0.2, 0.25) is 5.89 Å². The highest BCUT2D eigenvalue weighted by molar-refractivity contribution is 7.98. The first-order valence-electron chi connectivity index (χ1n) is 6.54. The van der Waals surface area contributed by atoms with Gasteiger partial charge in [-0.15, -0.1) is 10.2 Å². The quantitative estimate of drug-likeness (QED) is 0.476. The van der Waals surface area contributed by atoms with E-state index < -0.39 is 0 Å². The summed E-state index contributed by atoms with van der Waals surface area (Å²) in [7, 11) is 0. The Hall–Kier alpha value is -2.09. The van der Waals surface area contributed by atoms with Gasteiger partial charge < -0.3 is 9.73 Å². The van der Waals surface area contributed by atoms with Crippen molar-refractivity contribution in [1.29, 1.82) is 0 Å². The molecule has 0 fully saturated rings. The number of nitrogens with zero attached hydrogens (tertiary/aromatic N) is 3. The van der Waals surface area contributed by atoms with Gasteiger partial charge in [-0.1, -0.05) is 24.8 Å². The van der Waals surface area contributed by atoms with Crippen LogP contribution in [0.5, 0.6) is 0 Å². The number of nitro groups is 1. The van der Waals surface area contributed by atoms with Gasteiger partial charge in [-0.05, 0) is 18.1 Å². The lowest BCUT2D eigenvalue weighted by Gasteiger charge is -2.07. The van der Waals surface area contributed by atoms with Gasteiger partial charge in [-0.25, -0.2) is 0 Å². The van der Waals surface area contributed by atoms with Crippen molar-refractivity contribution in [1.82, 2.24) is 10.2 Å². The van der Waals surface area contributed by atoms with E-state index in [-0.39, 0.29) is 10.6 Å². The molecule has 112 valence electrons. The summed E-state index contributed by atoms with van der Waals surface area (Å²) in [6.45, 7) is 4.44. The molecule has 0 saturated heterocycles. The summed E-state index contributed by atoms with van der Waals surface area (Å²) < 4.78 is 5.28. The third kappa shape index (κ3) is 4.19. The molecule has 8 heteroatoms. The maximum atomic E-state index is 11.0. The lowest BCUT2D eigenvalue weighted by Crippen LogP contribution is -2.03. The second kappa shape index (κ2) is 7.07. The molecule has 1 N–H and O–H groups in total. The molecule has 0 amide bonds. The average Bonchev–Trinajstić information content (AvgIpc) is 2.88. The molecule has 1 heterocycles. The highest BCUT2D eigenvalue weighted by Gasteiger charge is 2.14. The minimum atomic E-state index is -0.379. The number of nitrogens with one attached hydrogen (secondary N) is 1. The topological polar surface area (TPSA) is 94.1 Å². The van der Waals surface area contributed by atoms with Gasteiger partial charge in [0.05, 0.1) is 4.92 Å². The van der Waals surface area contributed by atoms with E-state index in [1.54, 1.807) is 19.1 Å². The largest absolute Gasteiger partial charge is 0.416 e. The number of hydrogen-bond donors (Lipinski definition) is 1. The molecule has 1 aromatic heterocycles. The van der Waals surface area contributed by atoms with Crippen molar-refractivity contribution in [2.24, 2.45) is 0 Å². The predicted molar refractivity (Wildman–Crippen MR) is 80.5 cm³/mol. The number of aryl methyl sites for hydroxylation is 1. The van der Waals surface area contributed by atoms with E-state index in [2.05, 4.69) is 15.5 Å². The second-order valence-electron chi connectivity index (χ2n) is 4.41. The Balaban J connectivity index is 2.10. The molecule has 0 aliphatic heterocycles. The molecule has 0 spiro atoms. The molecule has 0 aliphatic carbocycles.